The second kappa shape index (κ2) is 4.71. The summed E-state index contributed by atoms with van der Waals surface area (Å²) < 4.78 is 20.0. The molecule has 14 heavy (non-hydrogen) atoms. The fraction of sp³-hybridized carbons (Fsp3) is 0.333. The third kappa shape index (κ3) is 3.24. The van der Waals surface area contributed by atoms with Gasteiger partial charge >= 0.3 is 7.82 Å². The predicted molar refractivity (Wildman–Crippen MR) is 52.8 cm³/mol. The summed E-state index contributed by atoms with van der Waals surface area (Å²) in [6.07, 6.45) is 0. The van der Waals surface area contributed by atoms with E-state index in [2.05, 4.69) is 4.52 Å². The fourth-order valence-electron chi connectivity index (χ4n) is 0.976. The molecule has 0 aliphatic carbocycles. The Bertz CT molecular complexity index is 350. The third-order valence-corrected chi connectivity index (χ3v) is 2.79. The van der Waals surface area contributed by atoms with E-state index in [4.69, 9.17) is 9.42 Å². The van der Waals surface area contributed by atoms with Gasteiger partial charge in [-0.25, -0.2) is 4.57 Å². The summed E-state index contributed by atoms with van der Waals surface area (Å²) in [4.78, 5) is 8.99. The molecule has 0 aliphatic rings. The van der Waals surface area contributed by atoms with E-state index in [9.17, 15) is 4.57 Å². The highest BCUT2D eigenvalue weighted by Gasteiger charge is 2.18. The molecule has 1 aromatic rings. The van der Waals surface area contributed by atoms with E-state index in [1.54, 1.807) is 0 Å². The van der Waals surface area contributed by atoms with Gasteiger partial charge in [-0.15, -0.1) is 0 Å². The van der Waals surface area contributed by atoms with Crippen LogP contribution in [0.5, 0.6) is 0 Å². The molecular weight excluding hydrogens is 203 g/mol. The van der Waals surface area contributed by atoms with E-state index in [1.807, 2.05) is 31.2 Å². The number of aryl methyl sites for hydroxylation is 1. The molecule has 1 N–H and O–H groups in total. The van der Waals surface area contributed by atoms with Crippen LogP contribution in [0.3, 0.4) is 0 Å². The summed E-state index contributed by atoms with van der Waals surface area (Å²) in [5, 5.41) is 0. The standard InChI is InChI=1S/C9H13O4P/c1-8-5-3-4-6-9(8)7-13-14(10,11)12-2/h3-6H,7H2,1-2H3,(H,10,11). The molecule has 0 aliphatic heterocycles. The van der Waals surface area contributed by atoms with Crippen molar-refractivity contribution in [2.75, 3.05) is 7.11 Å². The average molecular weight is 216 g/mol. The minimum absolute atomic E-state index is 0.0777. The maximum Gasteiger partial charge on any atom is 0.472 e. The molecule has 5 heteroatoms. The summed E-state index contributed by atoms with van der Waals surface area (Å²) >= 11 is 0. The van der Waals surface area contributed by atoms with Gasteiger partial charge in [-0.1, -0.05) is 24.3 Å². The van der Waals surface area contributed by atoms with E-state index in [-0.39, 0.29) is 6.61 Å². The molecule has 0 saturated heterocycles. The first-order valence-electron chi connectivity index (χ1n) is 4.13. The minimum Gasteiger partial charge on any atom is -0.302 e. The molecule has 0 fully saturated rings. The van der Waals surface area contributed by atoms with Crippen LogP contribution >= 0.6 is 7.82 Å². The molecule has 0 saturated carbocycles. The van der Waals surface area contributed by atoms with Gasteiger partial charge in [0.2, 0.25) is 0 Å². The monoisotopic (exact) mass is 216 g/mol. The highest BCUT2D eigenvalue weighted by atomic mass is 31.2. The van der Waals surface area contributed by atoms with Gasteiger partial charge in [-0.05, 0) is 18.1 Å². The predicted octanol–water partition coefficient (Wildman–Crippen LogP) is 2.26. The Hall–Kier alpha value is -0.670. The molecule has 0 aromatic heterocycles. The van der Waals surface area contributed by atoms with Crippen LogP contribution in [0.4, 0.5) is 0 Å². The lowest BCUT2D eigenvalue weighted by molar-refractivity contribution is 0.166. The Kier molecular flexibility index (Phi) is 3.84. The van der Waals surface area contributed by atoms with Gasteiger partial charge in [0.15, 0.2) is 0 Å². The maximum absolute atomic E-state index is 11.0. The smallest absolute Gasteiger partial charge is 0.302 e. The van der Waals surface area contributed by atoms with Crippen molar-refractivity contribution in [1.29, 1.82) is 0 Å². The van der Waals surface area contributed by atoms with E-state index >= 15 is 0 Å². The number of phosphoric acid groups is 1. The summed E-state index contributed by atoms with van der Waals surface area (Å²) in [5.41, 5.74) is 1.89. The van der Waals surface area contributed by atoms with E-state index in [0.29, 0.717) is 0 Å². The van der Waals surface area contributed by atoms with E-state index < -0.39 is 7.82 Å². The molecule has 0 radical (unpaired) electrons. The lowest BCUT2D eigenvalue weighted by atomic mass is 10.1. The van der Waals surface area contributed by atoms with Gasteiger partial charge in [-0.2, -0.15) is 0 Å². The molecule has 1 aromatic carbocycles. The summed E-state index contributed by atoms with van der Waals surface area (Å²) in [7, 11) is -2.72. The van der Waals surface area contributed by atoms with Gasteiger partial charge in [0.05, 0.1) is 6.61 Å². The van der Waals surface area contributed by atoms with Gasteiger partial charge in [-0.3, -0.25) is 9.05 Å². The van der Waals surface area contributed by atoms with Crippen LogP contribution in [-0.2, 0) is 20.2 Å². The number of rotatable bonds is 4. The summed E-state index contributed by atoms with van der Waals surface area (Å²) in [6, 6.07) is 7.49. The normalized spacial score (nSPS) is 15.1. The second-order valence-corrected chi connectivity index (χ2v) is 4.41. The number of phosphoric ester groups is 1. The number of hydrogen-bond donors (Lipinski definition) is 1. The first-order valence-corrected chi connectivity index (χ1v) is 5.62. The van der Waals surface area contributed by atoms with E-state index in [0.717, 1.165) is 18.2 Å². The molecule has 4 nitrogen and oxygen atoms in total. The zero-order chi connectivity index (χ0) is 10.6. The zero-order valence-corrected chi connectivity index (χ0v) is 9.03. The quantitative estimate of drug-likeness (QED) is 0.784. The van der Waals surface area contributed by atoms with Crippen LogP contribution in [0, 0.1) is 6.92 Å². The van der Waals surface area contributed by atoms with Crippen molar-refractivity contribution < 1.29 is 18.5 Å². The Balaban J connectivity index is 2.63. The highest BCUT2D eigenvalue weighted by Crippen LogP contribution is 2.42. The van der Waals surface area contributed by atoms with Gasteiger partial charge in [0.25, 0.3) is 0 Å². The third-order valence-electron chi connectivity index (χ3n) is 1.88. The van der Waals surface area contributed by atoms with Crippen molar-refractivity contribution in [2.45, 2.75) is 13.5 Å². The highest BCUT2D eigenvalue weighted by molar-refractivity contribution is 7.47. The van der Waals surface area contributed by atoms with Gasteiger partial charge in [0, 0.05) is 7.11 Å². The lowest BCUT2D eigenvalue weighted by Crippen LogP contribution is -1.95. The zero-order valence-electron chi connectivity index (χ0n) is 8.14. The van der Waals surface area contributed by atoms with Gasteiger partial charge < -0.3 is 4.89 Å². The molecular formula is C9H13O4P. The Morgan fingerprint density at radius 1 is 1.43 bits per heavy atom. The van der Waals surface area contributed by atoms with Crippen molar-refractivity contribution in [1.82, 2.24) is 0 Å². The first-order chi connectivity index (χ1) is 6.55. The van der Waals surface area contributed by atoms with Crippen LogP contribution in [0.25, 0.3) is 0 Å². The van der Waals surface area contributed by atoms with E-state index in [1.165, 1.54) is 0 Å². The molecule has 0 heterocycles. The van der Waals surface area contributed by atoms with Crippen molar-refractivity contribution in [3.63, 3.8) is 0 Å². The van der Waals surface area contributed by atoms with Crippen LogP contribution in [0.1, 0.15) is 11.1 Å². The number of hydrogen-bond acceptors (Lipinski definition) is 3. The van der Waals surface area contributed by atoms with Crippen molar-refractivity contribution in [3.05, 3.63) is 35.4 Å². The Morgan fingerprint density at radius 2 is 2.07 bits per heavy atom. The Labute approximate surface area is 83.1 Å². The summed E-state index contributed by atoms with van der Waals surface area (Å²) in [6.45, 7) is 1.99. The number of benzene rings is 1. The van der Waals surface area contributed by atoms with Crippen LogP contribution < -0.4 is 0 Å². The average Bonchev–Trinajstić information content (AvgIpc) is 2.17. The molecule has 0 spiro atoms. The topological polar surface area (TPSA) is 55.8 Å². The van der Waals surface area contributed by atoms with Crippen LogP contribution in [0.15, 0.2) is 24.3 Å². The maximum atomic E-state index is 11.0. The largest absolute Gasteiger partial charge is 0.472 e. The minimum atomic E-state index is -3.86. The Morgan fingerprint density at radius 3 is 2.64 bits per heavy atom. The SMILES string of the molecule is COP(=O)(O)OCc1ccccc1C. The van der Waals surface area contributed by atoms with Gasteiger partial charge in [0.1, 0.15) is 0 Å². The van der Waals surface area contributed by atoms with Crippen LogP contribution in [0.2, 0.25) is 0 Å². The molecule has 1 rings (SSSR count). The van der Waals surface area contributed by atoms with Crippen molar-refractivity contribution in [2.24, 2.45) is 0 Å². The summed E-state index contributed by atoms with van der Waals surface area (Å²) in [5.74, 6) is 0. The first kappa shape index (κ1) is 11.4. The molecule has 1 unspecified atom stereocenters. The lowest BCUT2D eigenvalue weighted by Gasteiger charge is -2.10. The second-order valence-electron chi connectivity index (χ2n) is 2.85. The molecule has 0 bridgehead atoms. The fourth-order valence-corrected chi connectivity index (χ4v) is 1.38. The van der Waals surface area contributed by atoms with Crippen molar-refractivity contribution in [3.8, 4) is 0 Å². The van der Waals surface area contributed by atoms with Crippen molar-refractivity contribution >= 4 is 7.82 Å². The van der Waals surface area contributed by atoms with Crippen LogP contribution in [-0.4, -0.2) is 12.0 Å². The molecule has 0 amide bonds. The molecule has 78 valence electrons. The molecule has 1 atom stereocenters.